The van der Waals surface area contributed by atoms with E-state index in [4.69, 9.17) is 11.6 Å². The molecular weight excluding hydrogens is 458 g/mol. The van der Waals surface area contributed by atoms with Crippen molar-refractivity contribution in [2.24, 2.45) is 0 Å². The average molecular weight is 464 g/mol. The van der Waals surface area contributed by atoms with Gasteiger partial charge in [-0.05, 0) is 56.1 Å². The van der Waals surface area contributed by atoms with Crippen molar-refractivity contribution in [3.05, 3.63) is 48.0 Å². The molecule has 0 saturated carbocycles. The minimum Gasteiger partial charge on any atom is -0.320 e. The summed E-state index contributed by atoms with van der Waals surface area (Å²) in [7, 11) is 0. The molecule has 112 valence electrons. The average Bonchev–Trinajstić information content (AvgIpc) is 2.71. The largest absolute Gasteiger partial charge is 0.416 e. The number of carbonyl (C=O) groups excluding carboxylic acids is 1. The zero-order valence-electron chi connectivity index (χ0n) is 9.89. The first-order valence-corrected chi connectivity index (χ1v) is 8.09. The van der Waals surface area contributed by atoms with Gasteiger partial charge in [0.2, 0.25) is 0 Å². The number of benzene rings is 1. The maximum atomic E-state index is 12.7. The first-order valence-electron chi connectivity index (χ1n) is 5.31. The summed E-state index contributed by atoms with van der Waals surface area (Å²) in [5.74, 6) is -0.535. The number of anilines is 1. The Balaban J connectivity index is 2.28. The molecule has 1 aromatic heterocycles. The van der Waals surface area contributed by atoms with Crippen molar-refractivity contribution >= 4 is 66.4 Å². The molecule has 0 unspecified atom stereocenters. The van der Waals surface area contributed by atoms with E-state index >= 15 is 0 Å². The summed E-state index contributed by atoms with van der Waals surface area (Å²) in [6.45, 7) is 0. The summed E-state index contributed by atoms with van der Waals surface area (Å²) in [5.41, 5.74) is -0.965. The number of nitrogens with one attached hydrogen (secondary N) is 1. The fourth-order valence-electron chi connectivity index (χ4n) is 1.44. The molecule has 0 atom stereocenters. The molecule has 0 saturated heterocycles. The van der Waals surface area contributed by atoms with Crippen molar-refractivity contribution in [1.82, 2.24) is 0 Å². The third-order valence-corrected chi connectivity index (χ3v) is 6.00. The second kappa shape index (κ2) is 6.28. The van der Waals surface area contributed by atoms with Crippen molar-refractivity contribution < 1.29 is 18.0 Å². The highest BCUT2D eigenvalue weighted by Gasteiger charge is 2.31. The molecule has 1 amide bonds. The van der Waals surface area contributed by atoms with Gasteiger partial charge in [-0.2, -0.15) is 13.2 Å². The zero-order valence-corrected chi connectivity index (χ0v) is 14.6. The molecule has 1 aromatic carbocycles. The Hall–Kier alpha value is -0.570. The zero-order chi connectivity index (χ0) is 15.8. The van der Waals surface area contributed by atoms with Crippen molar-refractivity contribution in [3.63, 3.8) is 0 Å². The Morgan fingerprint density at radius 1 is 1.24 bits per heavy atom. The Labute approximate surface area is 143 Å². The van der Waals surface area contributed by atoms with Crippen molar-refractivity contribution in [2.75, 3.05) is 5.32 Å². The van der Waals surface area contributed by atoms with Gasteiger partial charge in [-0.1, -0.05) is 11.6 Å². The molecule has 0 radical (unpaired) electrons. The van der Waals surface area contributed by atoms with Gasteiger partial charge in [-0.25, -0.2) is 0 Å². The second-order valence-corrected chi connectivity index (χ2v) is 7.51. The molecule has 0 bridgehead atoms. The van der Waals surface area contributed by atoms with Gasteiger partial charge in [0.25, 0.3) is 5.91 Å². The number of hydrogen-bond donors (Lipinski definition) is 1. The van der Waals surface area contributed by atoms with Crippen LogP contribution in [-0.2, 0) is 6.18 Å². The summed E-state index contributed by atoms with van der Waals surface area (Å²) in [6, 6.07) is 4.32. The molecule has 0 aliphatic heterocycles. The van der Waals surface area contributed by atoms with Crippen molar-refractivity contribution in [3.8, 4) is 0 Å². The lowest BCUT2D eigenvalue weighted by Crippen LogP contribution is -2.12. The standard InChI is InChI=1S/C12H5Br2ClF3NOS/c13-6-4-9(21-10(6)14)11(20)19-8-3-5(12(16,17)18)1-2-7(8)15/h1-4H,(H,19,20). The third kappa shape index (κ3) is 4.00. The van der Waals surface area contributed by atoms with Gasteiger partial charge in [0.15, 0.2) is 0 Å². The van der Waals surface area contributed by atoms with Crippen molar-refractivity contribution in [2.45, 2.75) is 6.18 Å². The quantitative estimate of drug-likeness (QED) is 0.565. The van der Waals surface area contributed by atoms with E-state index in [1.54, 1.807) is 6.07 Å². The normalized spacial score (nSPS) is 11.5. The van der Waals surface area contributed by atoms with E-state index in [0.29, 0.717) is 13.1 Å². The van der Waals surface area contributed by atoms with E-state index in [0.717, 1.165) is 29.5 Å². The maximum absolute atomic E-state index is 12.7. The Morgan fingerprint density at radius 3 is 2.43 bits per heavy atom. The van der Waals surface area contributed by atoms with Crippen LogP contribution in [0.4, 0.5) is 18.9 Å². The van der Waals surface area contributed by atoms with Gasteiger partial charge < -0.3 is 5.32 Å². The Bertz CT molecular complexity index is 683. The van der Waals surface area contributed by atoms with Crippen LogP contribution in [0.3, 0.4) is 0 Å². The number of hydrogen-bond acceptors (Lipinski definition) is 2. The highest BCUT2D eigenvalue weighted by Crippen LogP contribution is 2.35. The number of carbonyl (C=O) groups is 1. The molecule has 1 heterocycles. The summed E-state index contributed by atoms with van der Waals surface area (Å²) in [5, 5.41) is 2.41. The van der Waals surface area contributed by atoms with Gasteiger partial charge in [0.1, 0.15) is 0 Å². The Kier molecular flexibility index (Phi) is 5.02. The lowest BCUT2D eigenvalue weighted by atomic mass is 10.2. The van der Waals surface area contributed by atoms with Gasteiger partial charge >= 0.3 is 6.18 Å². The first kappa shape index (κ1) is 16.8. The molecule has 0 aliphatic carbocycles. The van der Waals surface area contributed by atoms with E-state index in [9.17, 15) is 18.0 Å². The van der Waals surface area contributed by atoms with Crippen LogP contribution in [0.2, 0.25) is 5.02 Å². The van der Waals surface area contributed by atoms with Crippen LogP contribution in [0.15, 0.2) is 32.5 Å². The number of thiophene rings is 1. The monoisotopic (exact) mass is 461 g/mol. The predicted molar refractivity (Wildman–Crippen MR) is 84.1 cm³/mol. The number of rotatable bonds is 2. The molecular formula is C12H5Br2ClF3NOS. The SMILES string of the molecule is O=C(Nc1cc(C(F)(F)F)ccc1Cl)c1cc(Br)c(Br)s1. The van der Waals surface area contributed by atoms with Crippen molar-refractivity contribution in [1.29, 1.82) is 0 Å². The first-order chi connectivity index (χ1) is 9.68. The van der Waals surface area contributed by atoms with Crippen LogP contribution in [0, 0.1) is 0 Å². The fourth-order valence-corrected chi connectivity index (χ4v) is 3.54. The summed E-state index contributed by atoms with van der Waals surface area (Å²) in [4.78, 5) is 12.3. The summed E-state index contributed by atoms with van der Waals surface area (Å²) >= 11 is 13.4. The Morgan fingerprint density at radius 2 is 1.90 bits per heavy atom. The van der Waals surface area contributed by atoms with E-state index in [-0.39, 0.29) is 10.7 Å². The second-order valence-electron chi connectivity index (χ2n) is 3.88. The van der Waals surface area contributed by atoms with Crippen LogP contribution >= 0.6 is 54.8 Å². The molecule has 0 fully saturated rings. The number of alkyl halides is 3. The maximum Gasteiger partial charge on any atom is 0.416 e. The molecule has 21 heavy (non-hydrogen) atoms. The van der Waals surface area contributed by atoms with E-state index in [2.05, 4.69) is 37.2 Å². The predicted octanol–water partition coefficient (Wildman–Crippen LogP) is 6.20. The molecule has 2 aromatic rings. The highest BCUT2D eigenvalue weighted by molar-refractivity contribution is 9.13. The lowest BCUT2D eigenvalue weighted by molar-refractivity contribution is -0.137. The highest BCUT2D eigenvalue weighted by atomic mass is 79.9. The van der Waals surface area contributed by atoms with E-state index < -0.39 is 17.6 Å². The van der Waals surface area contributed by atoms with Crippen LogP contribution in [0.25, 0.3) is 0 Å². The van der Waals surface area contributed by atoms with Crippen LogP contribution in [-0.4, -0.2) is 5.91 Å². The summed E-state index contributed by atoms with van der Waals surface area (Å²) in [6.07, 6.45) is -4.50. The van der Waals surface area contributed by atoms with Crippen LogP contribution < -0.4 is 5.32 Å². The van der Waals surface area contributed by atoms with Gasteiger partial charge in [0, 0.05) is 4.47 Å². The molecule has 2 nitrogen and oxygen atoms in total. The molecule has 9 heteroatoms. The third-order valence-electron chi connectivity index (χ3n) is 2.41. The lowest BCUT2D eigenvalue weighted by Gasteiger charge is -2.11. The van der Waals surface area contributed by atoms with E-state index in [1.807, 2.05) is 0 Å². The minimum absolute atomic E-state index is 0.0334. The van der Waals surface area contributed by atoms with Crippen LogP contribution in [0.5, 0.6) is 0 Å². The molecule has 0 aliphatic rings. The van der Waals surface area contributed by atoms with E-state index in [1.165, 1.54) is 0 Å². The number of halogens is 6. The summed E-state index contributed by atoms with van der Waals surface area (Å²) < 4.78 is 39.3. The van der Waals surface area contributed by atoms with Crippen LogP contribution in [0.1, 0.15) is 15.2 Å². The smallest absolute Gasteiger partial charge is 0.320 e. The number of amides is 1. The molecule has 0 spiro atoms. The van der Waals surface area contributed by atoms with Gasteiger partial charge in [0.05, 0.1) is 24.9 Å². The molecule has 2 rings (SSSR count). The fraction of sp³-hybridized carbons (Fsp3) is 0.0833. The minimum atomic E-state index is -4.50. The van der Waals surface area contributed by atoms with Gasteiger partial charge in [-0.3, -0.25) is 4.79 Å². The topological polar surface area (TPSA) is 29.1 Å². The van der Waals surface area contributed by atoms with Gasteiger partial charge in [-0.15, -0.1) is 11.3 Å². The molecule has 1 N–H and O–H groups in total.